The Morgan fingerprint density at radius 2 is 2.03 bits per heavy atom. The molecule has 2 aromatic carbocycles. The van der Waals surface area contributed by atoms with E-state index < -0.39 is 46.7 Å². The van der Waals surface area contributed by atoms with E-state index in [-0.39, 0.29) is 33.8 Å². The first-order chi connectivity index (χ1) is 17.0. The van der Waals surface area contributed by atoms with Crippen molar-refractivity contribution in [2.75, 3.05) is 13.2 Å². The van der Waals surface area contributed by atoms with E-state index >= 15 is 8.78 Å². The van der Waals surface area contributed by atoms with Crippen molar-refractivity contribution in [2.45, 2.75) is 62.5 Å². The average molecular weight is 538 g/mol. The van der Waals surface area contributed by atoms with E-state index in [1.54, 1.807) is 6.92 Å². The number of nitriles is 1. The minimum Gasteiger partial charge on any atom is -0.355 e. The Morgan fingerprint density at radius 3 is 2.67 bits per heavy atom. The van der Waals surface area contributed by atoms with E-state index in [1.807, 2.05) is 13.8 Å². The summed E-state index contributed by atoms with van der Waals surface area (Å²) in [6.07, 6.45) is 0.321. The van der Waals surface area contributed by atoms with Gasteiger partial charge in [-0.25, -0.2) is 8.78 Å². The first-order valence-electron chi connectivity index (χ1n) is 11.7. The number of hydrogen-bond donors (Lipinski definition) is 2. The monoisotopic (exact) mass is 537 g/mol. The molecule has 0 saturated carbocycles. The normalized spacial score (nSPS) is 29.2. The van der Waals surface area contributed by atoms with Gasteiger partial charge in [-0.3, -0.25) is 4.79 Å². The highest BCUT2D eigenvalue weighted by molar-refractivity contribution is 6.31. The SMILES string of the molecule is C[C@@H]1N[C@@H](C(=O)NCCC2COC(C)(C)O2)[C@H](c2cccc(Cl)c2F)[C@@]1(C#N)c1ccc(Cl)cc1F. The van der Waals surface area contributed by atoms with Crippen LogP contribution in [0.25, 0.3) is 0 Å². The highest BCUT2D eigenvalue weighted by Crippen LogP contribution is 2.50. The Balaban J connectivity index is 1.69. The minimum atomic E-state index is -1.63. The summed E-state index contributed by atoms with van der Waals surface area (Å²) in [7, 11) is 0. The molecular weight excluding hydrogens is 511 g/mol. The summed E-state index contributed by atoms with van der Waals surface area (Å²) in [5, 5.41) is 16.5. The maximum Gasteiger partial charge on any atom is 0.237 e. The molecule has 0 bridgehead atoms. The van der Waals surface area contributed by atoms with Gasteiger partial charge in [0, 0.05) is 29.1 Å². The second kappa shape index (κ2) is 10.2. The van der Waals surface area contributed by atoms with Crippen molar-refractivity contribution >= 4 is 29.1 Å². The van der Waals surface area contributed by atoms with Crippen LogP contribution in [0.3, 0.4) is 0 Å². The molecule has 2 N–H and O–H groups in total. The van der Waals surface area contributed by atoms with Gasteiger partial charge in [0.05, 0.1) is 29.8 Å². The predicted molar refractivity (Wildman–Crippen MR) is 132 cm³/mol. The Kier molecular flexibility index (Phi) is 7.61. The summed E-state index contributed by atoms with van der Waals surface area (Å²) in [5.41, 5.74) is -1.56. The van der Waals surface area contributed by atoms with Gasteiger partial charge >= 0.3 is 0 Å². The van der Waals surface area contributed by atoms with Gasteiger partial charge in [0.25, 0.3) is 0 Å². The van der Waals surface area contributed by atoms with E-state index in [4.69, 9.17) is 32.7 Å². The van der Waals surface area contributed by atoms with Crippen molar-refractivity contribution in [3.05, 3.63) is 69.2 Å². The van der Waals surface area contributed by atoms with Gasteiger partial charge in [-0.1, -0.05) is 41.4 Å². The zero-order valence-electron chi connectivity index (χ0n) is 20.1. The van der Waals surface area contributed by atoms with Crippen molar-refractivity contribution in [2.24, 2.45) is 0 Å². The van der Waals surface area contributed by atoms with Crippen molar-refractivity contribution in [3.63, 3.8) is 0 Å². The second-order valence-corrected chi connectivity index (χ2v) is 10.5. The van der Waals surface area contributed by atoms with Gasteiger partial charge in [0.15, 0.2) is 5.79 Å². The number of carbonyl (C=O) groups excluding carboxylic acids is 1. The standard InChI is InChI=1S/C26H27Cl2F2N3O3/c1-14-26(13-31,18-8-7-15(27)11-20(18)29)21(17-5-4-6-19(28)22(17)30)23(33-14)24(34)32-10-9-16-12-35-25(2,3)36-16/h4-8,11,14,16,21,23,33H,9-10,12H2,1-3H3,(H,32,34)/t14-,16?,21-,23+,26+/m0/s1. The molecule has 0 radical (unpaired) electrons. The van der Waals surface area contributed by atoms with Crippen LogP contribution in [-0.2, 0) is 19.7 Å². The van der Waals surface area contributed by atoms with Crippen LogP contribution >= 0.6 is 23.2 Å². The molecule has 0 spiro atoms. The van der Waals surface area contributed by atoms with Gasteiger partial charge < -0.3 is 20.1 Å². The van der Waals surface area contributed by atoms with Crippen molar-refractivity contribution < 1.29 is 23.0 Å². The van der Waals surface area contributed by atoms with E-state index in [2.05, 4.69) is 16.7 Å². The number of ether oxygens (including phenoxy) is 2. The lowest BCUT2D eigenvalue weighted by Gasteiger charge is -2.34. The Labute approximate surface area is 218 Å². The van der Waals surface area contributed by atoms with E-state index in [9.17, 15) is 10.1 Å². The van der Waals surface area contributed by atoms with Gasteiger partial charge in [-0.05, 0) is 51.0 Å². The topological polar surface area (TPSA) is 83.4 Å². The molecule has 1 amide bonds. The Bertz CT molecular complexity index is 1210. The van der Waals surface area contributed by atoms with Crippen molar-refractivity contribution in [1.29, 1.82) is 5.26 Å². The molecule has 4 rings (SSSR count). The third-order valence-electron chi connectivity index (χ3n) is 6.93. The zero-order valence-corrected chi connectivity index (χ0v) is 21.6. The van der Waals surface area contributed by atoms with Crippen LogP contribution in [0.5, 0.6) is 0 Å². The molecule has 2 aromatic rings. The lowest BCUT2D eigenvalue weighted by Crippen LogP contribution is -2.45. The largest absolute Gasteiger partial charge is 0.355 e. The molecular formula is C26H27Cl2F2N3O3. The van der Waals surface area contributed by atoms with Crippen LogP contribution in [0.15, 0.2) is 36.4 Å². The molecule has 1 unspecified atom stereocenters. The molecule has 0 aromatic heterocycles. The second-order valence-electron chi connectivity index (χ2n) is 9.62. The number of nitrogens with zero attached hydrogens (tertiary/aromatic N) is 1. The van der Waals surface area contributed by atoms with Gasteiger partial charge in [0.1, 0.15) is 17.0 Å². The van der Waals surface area contributed by atoms with Crippen LogP contribution in [0.1, 0.15) is 44.2 Å². The summed E-state index contributed by atoms with van der Waals surface area (Å²) in [4.78, 5) is 13.4. The number of amides is 1. The first-order valence-corrected chi connectivity index (χ1v) is 12.4. The van der Waals surface area contributed by atoms with Crippen molar-refractivity contribution in [3.8, 4) is 6.07 Å². The minimum absolute atomic E-state index is 0.0211. The summed E-state index contributed by atoms with van der Waals surface area (Å²) in [6.45, 7) is 5.99. The maximum atomic E-state index is 15.4. The lowest BCUT2D eigenvalue weighted by molar-refractivity contribution is -0.138. The fourth-order valence-corrected chi connectivity index (χ4v) is 5.61. The van der Waals surface area contributed by atoms with Crippen LogP contribution in [0.2, 0.25) is 10.0 Å². The number of nitrogens with one attached hydrogen (secondary N) is 2. The van der Waals surface area contributed by atoms with Crippen molar-refractivity contribution in [1.82, 2.24) is 10.6 Å². The molecule has 2 aliphatic heterocycles. The third-order valence-corrected chi connectivity index (χ3v) is 7.46. The number of carbonyl (C=O) groups is 1. The molecule has 5 atom stereocenters. The van der Waals surface area contributed by atoms with E-state index in [0.29, 0.717) is 13.0 Å². The maximum absolute atomic E-state index is 15.4. The fourth-order valence-electron chi connectivity index (χ4n) is 5.27. The Hall–Kier alpha value is -2.28. The summed E-state index contributed by atoms with van der Waals surface area (Å²) >= 11 is 12.0. The highest BCUT2D eigenvalue weighted by Gasteiger charge is 2.59. The zero-order chi connectivity index (χ0) is 26.3. The molecule has 6 nitrogen and oxygen atoms in total. The molecule has 36 heavy (non-hydrogen) atoms. The number of rotatable bonds is 6. The lowest BCUT2D eigenvalue weighted by atomic mass is 9.65. The molecule has 2 aliphatic rings. The van der Waals surface area contributed by atoms with Gasteiger partial charge in [-0.15, -0.1) is 0 Å². The first kappa shape index (κ1) is 26.8. The Morgan fingerprint density at radius 1 is 1.28 bits per heavy atom. The summed E-state index contributed by atoms with van der Waals surface area (Å²) in [5.74, 6) is -3.69. The predicted octanol–water partition coefficient (Wildman–Crippen LogP) is 4.83. The van der Waals surface area contributed by atoms with Crippen LogP contribution in [0, 0.1) is 23.0 Å². The molecule has 0 aliphatic carbocycles. The van der Waals surface area contributed by atoms with E-state index in [0.717, 1.165) is 6.07 Å². The molecule has 2 fully saturated rings. The summed E-state index contributed by atoms with van der Waals surface area (Å²) in [6, 6.07) is 8.83. The number of hydrogen-bond acceptors (Lipinski definition) is 5. The van der Waals surface area contributed by atoms with Gasteiger partial charge in [-0.2, -0.15) is 5.26 Å². The average Bonchev–Trinajstić information content (AvgIpc) is 3.32. The summed E-state index contributed by atoms with van der Waals surface area (Å²) < 4.78 is 41.9. The highest BCUT2D eigenvalue weighted by atomic mass is 35.5. The fraction of sp³-hybridized carbons (Fsp3) is 0.462. The molecule has 2 saturated heterocycles. The van der Waals surface area contributed by atoms with Gasteiger partial charge in [0.2, 0.25) is 5.91 Å². The van der Waals surface area contributed by atoms with Crippen LogP contribution < -0.4 is 10.6 Å². The van der Waals surface area contributed by atoms with E-state index in [1.165, 1.54) is 30.3 Å². The molecule has 10 heteroatoms. The number of halogens is 4. The molecule has 2 heterocycles. The van der Waals surface area contributed by atoms with Crippen LogP contribution in [-0.4, -0.2) is 43.0 Å². The molecule has 192 valence electrons. The third kappa shape index (κ3) is 4.83. The smallest absolute Gasteiger partial charge is 0.237 e. The van der Waals surface area contributed by atoms with Crippen LogP contribution in [0.4, 0.5) is 8.78 Å². The quantitative estimate of drug-likeness (QED) is 0.551. The number of benzene rings is 2.